The molecular formula is C24H28FN7. The number of hydrogen-bond donors (Lipinski definition) is 2. The van der Waals surface area contributed by atoms with Crippen LogP contribution in [0.1, 0.15) is 36.5 Å². The molecular weight excluding hydrogens is 405 g/mol. The van der Waals surface area contributed by atoms with Crippen molar-refractivity contribution in [2.24, 2.45) is 11.0 Å². The smallest absolute Gasteiger partial charge is 0.250 e. The molecule has 1 aliphatic heterocycles. The molecule has 2 heterocycles. The molecule has 4 rings (SSSR count). The van der Waals surface area contributed by atoms with Crippen molar-refractivity contribution in [1.29, 1.82) is 0 Å². The first-order valence-corrected chi connectivity index (χ1v) is 10.9. The van der Waals surface area contributed by atoms with Crippen molar-refractivity contribution in [1.82, 2.24) is 15.0 Å². The predicted octanol–water partition coefficient (Wildman–Crippen LogP) is 5.05. The van der Waals surface area contributed by atoms with Gasteiger partial charge < -0.3 is 10.2 Å². The molecule has 3 aromatic rings. The Bertz CT molecular complexity index is 1090. The Labute approximate surface area is 187 Å². The molecule has 166 valence electrons. The first-order chi connectivity index (χ1) is 15.5. The zero-order chi connectivity index (χ0) is 22.5. The van der Waals surface area contributed by atoms with Gasteiger partial charge in [-0.25, -0.2) is 9.82 Å². The van der Waals surface area contributed by atoms with E-state index in [-0.39, 0.29) is 5.82 Å². The maximum atomic E-state index is 13.1. The van der Waals surface area contributed by atoms with Gasteiger partial charge in [-0.15, -0.1) is 0 Å². The van der Waals surface area contributed by atoms with E-state index in [0.717, 1.165) is 42.7 Å². The zero-order valence-corrected chi connectivity index (χ0v) is 18.6. The van der Waals surface area contributed by atoms with Gasteiger partial charge >= 0.3 is 0 Å². The second-order valence-electron chi connectivity index (χ2n) is 8.25. The quantitative estimate of drug-likeness (QED) is 0.418. The number of nitrogens with zero attached hydrogens (tertiary/aromatic N) is 5. The van der Waals surface area contributed by atoms with E-state index in [2.05, 4.69) is 62.5 Å². The molecule has 0 unspecified atom stereocenters. The molecule has 2 aromatic carbocycles. The molecule has 1 saturated heterocycles. The van der Waals surface area contributed by atoms with Crippen LogP contribution in [0.4, 0.5) is 27.9 Å². The topological polar surface area (TPSA) is 78.3 Å². The average molecular weight is 434 g/mol. The van der Waals surface area contributed by atoms with Crippen LogP contribution in [0.25, 0.3) is 0 Å². The van der Waals surface area contributed by atoms with E-state index < -0.39 is 0 Å². The molecule has 8 heteroatoms. The van der Waals surface area contributed by atoms with E-state index in [1.807, 2.05) is 12.1 Å². The van der Waals surface area contributed by atoms with E-state index in [9.17, 15) is 4.39 Å². The SMILES string of the molecule is Cc1cccc(Nc2nc(N/N=C/c3ccc(F)cc3)nc(N3CCC(C)CC3)n2)c1C. The Kier molecular flexibility index (Phi) is 6.58. The van der Waals surface area contributed by atoms with Crippen LogP contribution in [0, 0.1) is 25.6 Å². The first kappa shape index (κ1) is 21.7. The minimum absolute atomic E-state index is 0.282. The molecule has 0 radical (unpaired) electrons. The second-order valence-corrected chi connectivity index (χ2v) is 8.25. The predicted molar refractivity (Wildman–Crippen MR) is 127 cm³/mol. The Morgan fingerprint density at radius 1 is 1.00 bits per heavy atom. The molecule has 0 aliphatic carbocycles. The van der Waals surface area contributed by atoms with Gasteiger partial charge in [-0.3, -0.25) is 0 Å². The zero-order valence-electron chi connectivity index (χ0n) is 18.6. The lowest BCUT2D eigenvalue weighted by Gasteiger charge is -2.30. The van der Waals surface area contributed by atoms with Crippen LogP contribution in [-0.4, -0.2) is 34.3 Å². The summed E-state index contributed by atoms with van der Waals surface area (Å²) in [6.07, 6.45) is 3.82. The number of piperidine rings is 1. The Morgan fingerprint density at radius 2 is 1.72 bits per heavy atom. The van der Waals surface area contributed by atoms with Gasteiger partial charge in [-0.2, -0.15) is 20.1 Å². The fourth-order valence-corrected chi connectivity index (χ4v) is 3.54. The monoisotopic (exact) mass is 433 g/mol. The molecule has 0 spiro atoms. The number of aryl methyl sites for hydroxylation is 1. The summed E-state index contributed by atoms with van der Waals surface area (Å²) in [4.78, 5) is 16.0. The lowest BCUT2D eigenvalue weighted by Crippen LogP contribution is -2.34. The van der Waals surface area contributed by atoms with Crippen molar-refractivity contribution in [3.63, 3.8) is 0 Å². The minimum atomic E-state index is -0.282. The number of halogens is 1. The molecule has 1 fully saturated rings. The number of rotatable bonds is 6. The Morgan fingerprint density at radius 3 is 2.47 bits per heavy atom. The van der Waals surface area contributed by atoms with Crippen LogP contribution in [0.15, 0.2) is 47.6 Å². The largest absolute Gasteiger partial charge is 0.341 e. The van der Waals surface area contributed by atoms with Crippen LogP contribution >= 0.6 is 0 Å². The maximum Gasteiger partial charge on any atom is 0.250 e. The fourth-order valence-electron chi connectivity index (χ4n) is 3.54. The average Bonchev–Trinajstić information content (AvgIpc) is 2.79. The van der Waals surface area contributed by atoms with E-state index >= 15 is 0 Å². The Balaban J connectivity index is 1.59. The summed E-state index contributed by atoms with van der Waals surface area (Å²) in [5.41, 5.74) is 6.95. The van der Waals surface area contributed by atoms with Crippen molar-refractivity contribution in [3.05, 3.63) is 65.0 Å². The molecule has 1 aromatic heterocycles. The van der Waals surface area contributed by atoms with Gasteiger partial charge in [0.05, 0.1) is 6.21 Å². The number of hydrogen-bond acceptors (Lipinski definition) is 7. The molecule has 7 nitrogen and oxygen atoms in total. The number of nitrogens with one attached hydrogen (secondary N) is 2. The molecule has 1 aliphatic rings. The lowest BCUT2D eigenvalue weighted by atomic mass is 10.00. The normalized spacial score (nSPS) is 14.7. The van der Waals surface area contributed by atoms with E-state index in [0.29, 0.717) is 23.8 Å². The van der Waals surface area contributed by atoms with Crippen LogP contribution < -0.4 is 15.6 Å². The molecule has 0 atom stereocenters. The summed E-state index contributed by atoms with van der Waals surface area (Å²) < 4.78 is 13.1. The summed E-state index contributed by atoms with van der Waals surface area (Å²) in [7, 11) is 0. The molecule has 0 bridgehead atoms. The fraction of sp³-hybridized carbons (Fsp3) is 0.333. The van der Waals surface area contributed by atoms with Gasteiger partial charge in [-0.05, 0) is 67.5 Å². The van der Waals surface area contributed by atoms with E-state index in [4.69, 9.17) is 0 Å². The summed E-state index contributed by atoms with van der Waals surface area (Å²) >= 11 is 0. The number of benzene rings is 2. The third-order valence-electron chi connectivity index (χ3n) is 5.79. The van der Waals surface area contributed by atoms with E-state index in [1.54, 1.807) is 18.3 Å². The van der Waals surface area contributed by atoms with E-state index in [1.165, 1.54) is 17.7 Å². The summed E-state index contributed by atoms with van der Waals surface area (Å²) in [5.74, 6) is 1.86. The van der Waals surface area contributed by atoms with Crippen molar-refractivity contribution in [2.45, 2.75) is 33.6 Å². The van der Waals surface area contributed by atoms with Gasteiger partial charge in [0.15, 0.2) is 0 Å². The Hall–Kier alpha value is -3.55. The maximum absolute atomic E-state index is 13.1. The summed E-state index contributed by atoms with van der Waals surface area (Å²) in [5, 5.41) is 7.56. The van der Waals surface area contributed by atoms with Gasteiger partial charge in [0.2, 0.25) is 17.8 Å². The molecule has 32 heavy (non-hydrogen) atoms. The van der Waals surface area contributed by atoms with Gasteiger partial charge in [0.25, 0.3) is 0 Å². The van der Waals surface area contributed by atoms with Crippen LogP contribution in [0.5, 0.6) is 0 Å². The molecule has 0 saturated carbocycles. The van der Waals surface area contributed by atoms with Gasteiger partial charge in [-0.1, -0.05) is 31.2 Å². The van der Waals surface area contributed by atoms with Crippen molar-refractivity contribution in [2.75, 3.05) is 28.7 Å². The minimum Gasteiger partial charge on any atom is -0.341 e. The highest BCUT2D eigenvalue weighted by molar-refractivity contribution is 5.79. The van der Waals surface area contributed by atoms with Crippen LogP contribution in [0.3, 0.4) is 0 Å². The van der Waals surface area contributed by atoms with Crippen LogP contribution in [0.2, 0.25) is 0 Å². The summed E-state index contributed by atoms with van der Waals surface area (Å²) in [6, 6.07) is 12.2. The highest BCUT2D eigenvalue weighted by atomic mass is 19.1. The van der Waals surface area contributed by atoms with Gasteiger partial charge in [0, 0.05) is 18.8 Å². The van der Waals surface area contributed by atoms with Crippen molar-refractivity contribution in [3.8, 4) is 0 Å². The third-order valence-corrected chi connectivity index (χ3v) is 5.79. The summed E-state index contributed by atoms with van der Waals surface area (Å²) in [6.45, 7) is 8.23. The highest BCUT2D eigenvalue weighted by Crippen LogP contribution is 2.25. The second kappa shape index (κ2) is 9.72. The first-order valence-electron chi connectivity index (χ1n) is 10.9. The lowest BCUT2D eigenvalue weighted by molar-refractivity contribution is 0.434. The van der Waals surface area contributed by atoms with Crippen molar-refractivity contribution >= 4 is 29.7 Å². The number of anilines is 4. The van der Waals surface area contributed by atoms with Gasteiger partial charge in [0.1, 0.15) is 5.82 Å². The number of hydrazone groups is 1. The van der Waals surface area contributed by atoms with Crippen molar-refractivity contribution < 1.29 is 4.39 Å². The molecule has 2 N–H and O–H groups in total. The molecule has 0 amide bonds. The highest BCUT2D eigenvalue weighted by Gasteiger charge is 2.20. The standard InChI is InChI=1S/C24H28FN7/c1-16-11-13-32(14-12-16)24-29-22(27-21-6-4-5-17(2)18(21)3)28-23(30-24)31-26-15-19-7-9-20(25)10-8-19/h4-10,15-16H,11-14H2,1-3H3,(H2,27,28,29,30,31)/b26-15+. The third kappa shape index (κ3) is 5.38. The van der Waals surface area contributed by atoms with Crippen LogP contribution in [-0.2, 0) is 0 Å². The number of aromatic nitrogens is 3.